The third kappa shape index (κ3) is 4.75. The van der Waals surface area contributed by atoms with E-state index in [0.29, 0.717) is 18.6 Å². The Morgan fingerprint density at radius 3 is 2.67 bits per heavy atom. The van der Waals surface area contributed by atoms with Gasteiger partial charge in [0.15, 0.2) is 5.96 Å². The van der Waals surface area contributed by atoms with Gasteiger partial charge in [0.1, 0.15) is 5.82 Å². The maximum Gasteiger partial charge on any atom is 0.191 e. The van der Waals surface area contributed by atoms with Crippen LogP contribution in [0.1, 0.15) is 51.5 Å². The Morgan fingerprint density at radius 2 is 2.04 bits per heavy atom. The minimum absolute atomic E-state index is 0. The van der Waals surface area contributed by atoms with Crippen molar-refractivity contribution in [2.24, 2.45) is 4.99 Å². The first-order chi connectivity index (χ1) is 12.6. The number of rotatable bonds is 6. The number of nitrogens with zero attached hydrogens (tertiary/aromatic N) is 2. The lowest BCUT2D eigenvalue weighted by Gasteiger charge is -2.21. The lowest BCUT2D eigenvalue weighted by atomic mass is 9.95. The Morgan fingerprint density at radius 1 is 1.30 bits per heavy atom. The van der Waals surface area contributed by atoms with Gasteiger partial charge in [-0.25, -0.2) is 4.39 Å². The summed E-state index contributed by atoms with van der Waals surface area (Å²) in [5, 5.41) is 7.01. The predicted molar refractivity (Wildman–Crippen MR) is 119 cm³/mol. The van der Waals surface area contributed by atoms with Gasteiger partial charge in [0.2, 0.25) is 0 Å². The van der Waals surface area contributed by atoms with Gasteiger partial charge in [-0.05, 0) is 57.6 Å². The van der Waals surface area contributed by atoms with Crippen molar-refractivity contribution in [1.29, 1.82) is 0 Å². The van der Waals surface area contributed by atoms with Crippen molar-refractivity contribution in [3.8, 4) is 0 Å². The van der Waals surface area contributed by atoms with E-state index in [1.165, 1.54) is 19.3 Å². The summed E-state index contributed by atoms with van der Waals surface area (Å²) >= 11 is 0. The maximum atomic E-state index is 14.2. The van der Waals surface area contributed by atoms with Crippen molar-refractivity contribution in [3.63, 3.8) is 0 Å². The first kappa shape index (κ1) is 20.8. The zero-order valence-electron chi connectivity index (χ0n) is 16.4. The topological polar surface area (TPSA) is 39.7 Å². The highest BCUT2D eigenvalue weighted by Gasteiger charge is 2.46. The summed E-state index contributed by atoms with van der Waals surface area (Å²) in [5.41, 5.74) is 0.727. The summed E-state index contributed by atoms with van der Waals surface area (Å²) in [6, 6.07) is 9.09. The number of halogens is 2. The molecule has 0 spiro atoms. The van der Waals surface area contributed by atoms with E-state index < -0.39 is 0 Å². The van der Waals surface area contributed by atoms with E-state index in [1.807, 2.05) is 12.1 Å². The van der Waals surface area contributed by atoms with Gasteiger partial charge in [-0.3, -0.25) is 9.89 Å². The molecule has 2 N–H and O–H groups in total. The van der Waals surface area contributed by atoms with Gasteiger partial charge in [0, 0.05) is 36.6 Å². The Balaban J connectivity index is 0.00000210. The molecule has 4 rings (SSSR count). The first-order valence-corrected chi connectivity index (χ1v) is 10.2. The molecule has 6 heteroatoms. The van der Waals surface area contributed by atoms with Gasteiger partial charge < -0.3 is 10.6 Å². The molecule has 4 nitrogen and oxygen atoms in total. The number of hydrogen-bond donors (Lipinski definition) is 2. The second-order valence-electron chi connectivity index (χ2n) is 8.31. The predicted octanol–water partition coefficient (Wildman–Crippen LogP) is 3.66. The standard InChI is InChI=1S/C21H31FN4.HI/c1-3-23-20(25-16-12-15(2)26(13-16)17-8-9-17)24-14-21(10-11-21)18-6-4-5-7-19(18)22;/h4-7,15-17H,3,8-14H2,1-2H3,(H2,23,24,25);1H. The van der Waals surface area contributed by atoms with E-state index >= 15 is 0 Å². The van der Waals surface area contributed by atoms with E-state index in [9.17, 15) is 4.39 Å². The molecule has 0 amide bonds. The van der Waals surface area contributed by atoms with Gasteiger partial charge >= 0.3 is 0 Å². The summed E-state index contributed by atoms with van der Waals surface area (Å²) < 4.78 is 14.2. The van der Waals surface area contributed by atoms with Gasteiger partial charge in [-0.1, -0.05) is 18.2 Å². The largest absolute Gasteiger partial charge is 0.357 e. The normalized spacial score (nSPS) is 27.1. The van der Waals surface area contributed by atoms with Crippen LogP contribution in [0.3, 0.4) is 0 Å². The molecule has 0 bridgehead atoms. The van der Waals surface area contributed by atoms with Crippen LogP contribution in [-0.4, -0.2) is 48.6 Å². The average molecular weight is 486 g/mol. The van der Waals surface area contributed by atoms with Crippen molar-refractivity contribution in [3.05, 3.63) is 35.6 Å². The SMILES string of the molecule is CCNC(=NCC1(c2ccccc2F)CC1)NC1CC(C)N(C2CC2)C1.I. The molecule has 0 aromatic heterocycles. The van der Waals surface area contributed by atoms with Gasteiger partial charge in [0.25, 0.3) is 0 Å². The summed E-state index contributed by atoms with van der Waals surface area (Å²) in [6.45, 7) is 7.02. The highest BCUT2D eigenvalue weighted by Crippen LogP contribution is 2.49. The summed E-state index contributed by atoms with van der Waals surface area (Å²) in [6.07, 6.45) is 5.92. The van der Waals surface area contributed by atoms with Gasteiger partial charge in [-0.15, -0.1) is 24.0 Å². The Labute approximate surface area is 179 Å². The highest BCUT2D eigenvalue weighted by molar-refractivity contribution is 14.0. The third-order valence-corrected chi connectivity index (χ3v) is 6.16. The molecule has 27 heavy (non-hydrogen) atoms. The van der Waals surface area contributed by atoms with E-state index in [4.69, 9.17) is 4.99 Å². The molecule has 2 saturated carbocycles. The average Bonchev–Trinajstić information content (AvgIpc) is 3.54. The van der Waals surface area contributed by atoms with E-state index in [1.54, 1.807) is 12.1 Å². The van der Waals surface area contributed by atoms with Crippen LogP contribution in [0.2, 0.25) is 0 Å². The Hall–Kier alpha value is -0.890. The van der Waals surface area contributed by atoms with Crippen LogP contribution in [0.15, 0.2) is 29.3 Å². The molecule has 0 radical (unpaired) electrons. The van der Waals surface area contributed by atoms with Crippen LogP contribution in [-0.2, 0) is 5.41 Å². The molecular weight excluding hydrogens is 454 g/mol. The molecule has 3 aliphatic rings. The van der Waals surface area contributed by atoms with Crippen LogP contribution in [0.4, 0.5) is 4.39 Å². The number of guanidine groups is 1. The quantitative estimate of drug-likeness (QED) is 0.367. The fourth-order valence-electron chi connectivity index (χ4n) is 4.37. The number of nitrogens with one attached hydrogen (secondary N) is 2. The number of hydrogen-bond acceptors (Lipinski definition) is 2. The fraction of sp³-hybridized carbons (Fsp3) is 0.667. The summed E-state index contributed by atoms with van der Waals surface area (Å²) in [5.74, 6) is 0.785. The second-order valence-corrected chi connectivity index (χ2v) is 8.31. The minimum atomic E-state index is -0.100. The van der Waals surface area contributed by atoms with E-state index in [2.05, 4.69) is 29.4 Å². The van der Waals surface area contributed by atoms with Crippen molar-refractivity contribution in [2.75, 3.05) is 19.6 Å². The van der Waals surface area contributed by atoms with Crippen LogP contribution < -0.4 is 10.6 Å². The molecule has 2 aliphatic carbocycles. The molecule has 1 aromatic rings. The van der Waals surface area contributed by atoms with Crippen LogP contribution in [0.5, 0.6) is 0 Å². The van der Waals surface area contributed by atoms with Crippen molar-refractivity contribution in [1.82, 2.24) is 15.5 Å². The van der Waals surface area contributed by atoms with Crippen LogP contribution in [0.25, 0.3) is 0 Å². The molecule has 1 aromatic carbocycles. The molecule has 1 heterocycles. The van der Waals surface area contributed by atoms with Crippen molar-refractivity contribution >= 4 is 29.9 Å². The summed E-state index contributed by atoms with van der Waals surface area (Å²) in [4.78, 5) is 7.49. The van der Waals surface area contributed by atoms with E-state index in [0.717, 1.165) is 43.5 Å². The number of benzene rings is 1. The lowest BCUT2D eigenvalue weighted by Crippen LogP contribution is -2.45. The van der Waals surface area contributed by atoms with Crippen molar-refractivity contribution in [2.45, 2.75) is 69.5 Å². The smallest absolute Gasteiger partial charge is 0.191 e. The second kappa shape index (κ2) is 8.64. The molecule has 150 valence electrons. The number of likely N-dealkylation sites (tertiary alicyclic amines) is 1. The minimum Gasteiger partial charge on any atom is -0.357 e. The fourth-order valence-corrected chi connectivity index (χ4v) is 4.37. The van der Waals surface area contributed by atoms with Gasteiger partial charge in [0.05, 0.1) is 6.54 Å². The molecule has 3 fully saturated rings. The zero-order chi connectivity index (χ0) is 18.1. The first-order valence-electron chi connectivity index (χ1n) is 10.2. The molecule has 1 saturated heterocycles. The van der Waals surface area contributed by atoms with Crippen LogP contribution >= 0.6 is 24.0 Å². The molecule has 2 atom stereocenters. The molecular formula is C21H32FIN4. The summed E-state index contributed by atoms with van der Waals surface area (Å²) in [7, 11) is 0. The highest BCUT2D eigenvalue weighted by atomic mass is 127. The zero-order valence-corrected chi connectivity index (χ0v) is 18.7. The Kier molecular flexibility index (Phi) is 6.66. The van der Waals surface area contributed by atoms with Crippen LogP contribution in [0, 0.1) is 5.82 Å². The van der Waals surface area contributed by atoms with Gasteiger partial charge in [-0.2, -0.15) is 0 Å². The number of aliphatic imine (C=N–C) groups is 1. The van der Waals surface area contributed by atoms with E-state index in [-0.39, 0.29) is 35.2 Å². The molecule has 1 aliphatic heterocycles. The third-order valence-electron chi connectivity index (χ3n) is 6.16. The lowest BCUT2D eigenvalue weighted by molar-refractivity contribution is 0.256. The maximum absolute atomic E-state index is 14.2. The van der Waals surface area contributed by atoms with Crippen molar-refractivity contribution < 1.29 is 4.39 Å². The Bertz CT molecular complexity index is 672. The molecule has 2 unspecified atom stereocenters. The monoisotopic (exact) mass is 486 g/mol.